The van der Waals surface area contributed by atoms with Crippen LogP contribution in [0.5, 0.6) is 11.5 Å². The molecule has 0 saturated heterocycles. The van der Waals surface area contributed by atoms with Crippen molar-refractivity contribution in [3.8, 4) is 17.6 Å². The number of nitriles is 1. The first-order valence-corrected chi connectivity index (χ1v) is 9.13. The van der Waals surface area contributed by atoms with Gasteiger partial charge in [0.1, 0.15) is 11.9 Å². The number of ether oxygens (including phenoxy) is 2. The van der Waals surface area contributed by atoms with Crippen molar-refractivity contribution < 1.29 is 14.4 Å². The SMILES string of the molecule is CCOc1cc(/C=C(/C#N)c2nc3ccc(C)cc3[nH]2)cc([N+](=O)[O-])c1OCC. The lowest BCUT2D eigenvalue weighted by molar-refractivity contribution is -0.386. The number of H-pyrrole nitrogens is 1. The Hall–Kier alpha value is -3.86. The van der Waals surface area contributed by atoms with Crippen LogP contribution in [-0.2, 0) is 0 Å². The lowest BCUT2D eigenvalue weighted by atomic mass is 10.1. The van der Waals surface area contributed by atoms with E-state index >= 15 is 0 Å². The minimum Gasteiger partial charge on any atom is -0.490 e. The molecule has 0 saturated carbocycles. The summed E-state index contributed by atoms with van der Waals surface area (Å²) in [6.45, 7) is 6.07. The smallest absolute Gasteiger partial charge is 0.315 e. The van der Waals surface area contributed by atoms with Crippen LogP contribution in [0.4, 0.5) is 5.69 Å². The quantitative estimate of drug-likeness (QED) is 0.356. The molecular weight excluding hydrogens is 372 g/mol. The van der Waals surface area contributed by atoms with Crippen LogP contribution in [0.25, 0.3) is 22.7 Å². The Labute approximate surface area is 167 Å². The van der Waals surface area contributed by atoms with Gasteiger partial charge in [0.2, 0.25) is 5.75 Å². The van der Waals surface area contributed by atoms with Crippen molar-refractivity contribution in [1.29, 1.82) is 5.26 Å². The maximum atomic E-state index is 11.5. The molecule has 0 aliphatic heterocycles. The van der Waals surface area contributed by atoms with Crippen molar-refractivity contribution in [2.75, 3.05) is 13.2 Å². The average Bonchev–Trinajstić information content (AvgIpc) is 3.10. The van der Waals surface area contributed by atoms with E-state index in [9.17, 15) is 15.4 Å². The van der Waals surface area contributed by atoms with E-state index in [4.69, 9.17) is 9.47 Å². The Bertz CT molecular complexity index is 1140. The molecule has 29 heavy (non-hydrogen) atoms. The van der Waals surface area contributed by atoms with E-state index in [2.05, 4.69) is 16.0 Å². The third kappa shape index (κ3) is 4.19. The summed E-state index contributed by atoms with van der Waals surface area (Å²) in [4.78, 5) is 18.6. The first-order chi connectivity index (χ1) is 14.0. The molecule has 0 aliphatic carbocycles. The molecule has 0 fully saturated rings. The van der Waals surface area contributed by atoms with Gasteiger partial charge in [-0.3, -0.25) is 10.1 Å². The molecule has 0 aliphatic rings. The predicted molar refractivity (Wildman–Crippen MR) is 110 cm³/mol. The van der Waals surface area contributed by atoms with Gasteiger partial charge in [0.25, 0.3) is 0 Å². The number of aryl methyl sites for hydroxylation is 1. The topological polar surface area (TPSA) is 114 Å². The minimum atomic E-state index is -0.527. The molecule has 0 atom stereocenters. The number of allylic oxidation sites excluding steroid dienone is 1. The van der Waals surface area contributed by atoms with Crippen LogP contribution in [-0.4, -0.2) is 28.1 Å². The number of hydrogen-bond donors (Lipinski definition) is 1. The fourth-order valence-electron chi connectivity index (χ4n) is 2.95. The summed E-state index contributed by atoms with van der Waals surface area (Å²) in [5, 5.41) is 21.2. The monoisotopic (exact) mass is 392 g/mol. The second kappa shape index (κ2) is 8.44. The lowest BCUT2D eigenvalue weighted by Gasteiger charge is -2.12. The van der Waals surface area contributed by atoms with E-state index < -0.39 is 4.92 Å². The zero-order valence-corrected chi connectivity index (χ0v) is 16.4. The standard InChI is InChI=1S/C21H20N4O4/c1-4-28-19-11-14(10-18(25(26)27)20(19)29-5-2)9-15(12-22)21-23-16-7-6-13(3)8-17(16)24-21/h6-11H,4-5H2,1-3H3,(H,23,24)/b15-9-. The maximum absolute atomic E-state index is 11.5. The summed E-state index contributed by atoms with van der Waals surface area (Å²) in [6.07, 6.45) is 1.54. The molecule has 3 aromatic rings. The molecule has 8 nitrogen and oxygen atoms in total. The molecule has 8 heteroatoms. The van der Waals surface area contributed by atoms with Gasteiger partial charge in [-0.05, 0) is 56.2 Å². The predicted octanol–water partition coefficient (Wildman–Crippen LogP) is 4.64. The van der Waals surface area contributed by atoms with Gasteiger partial charge in [-0.15, -0.1) is 0 Å². The van der Waals surface area contributed by atoms with E-state index in [0.717, 1.165) is 16.6 Å². The molecule has 1 heterocycles. The zero-order valence-electron chi connectivity index (χ0n) is 16.4. The molecule has 0 unspecified atom stereocenters. The van der Waals surface area contributed by atoms with E-state index in [-0.39, 0.29) is 29.4 Å². The van der Waals surface area contributed by atoms with Gasteiger partial charge in [-0.2, -0.15) is 5.26 Å². The summed E-state index contributed by atoms with van der Waals surface area (Å²) in [7, 11) is 0. The van der Waals surface area contributed by atoms with E-state index in [0.29, 0.717) is 18.0 Å². The second-order valence-electron chi connectivity index (χ2n) is 6.27. The number of aromatic amines is 1. The van der Waals surface area contributed by atoms with Gasteiger partial charge in [0, 0.05) is 6.07 Å². The summed E-state index contributed by atoms with van der Waals surface area (Å²) in [6, 6.07) is 10.8. The molecule has 0 bridgehead atoms. The van der Waals surface area contributed by atoms with Gasteiger partial charge in [-0.1, -0.05) is 6.07 Å². The summed E-state index contributed by atoms with van der Waals surface area (Å²) in [5.41, 5.74) is 3.09. The first-order valence-electron chi connectivity index (χ1n) is 9.13. The zero-order chi connectivity index (χ0) is 21.0. The minimum absolute atomic E-state index is 0.0780. The number of nitrogens with zero attached hydrogens (tertiary/aromatic N) is 3. The first kappa shape index (κ1) is 19.9. The normalized spacial score (nSPS) is 11.3. The molecule has 0 amide bonds. The van der Waals surface area contributed by atoms with Crippen molar-refractivity contribution in [3.05, 3.63) is 57.4 Å². The fourth-order valence-corrected chi connectivity index (χ4v) is 2.95. The Balaban J connectivity index is 2.12. The highest BCUT2D eigenvalue weighted by molar-refractivity contribution is 5.91. The lowest BCUT2D eigenvalue weighted by Crippen LogP contribution is -2.02. The third-order valence-corrected chi connectivity index (χ3v) is 4.17. The molecule has 148 valence electrons. The second-order valence-corrected chi connectivity index (χ2v) is 6.27. The van der Waals surface area contributed by atoms with Crippen molar-refractivity contribution in [2.24, 2.45) is 0 Å². The van der Waals surface area contributed by atoms with Crippen LogP contribution < -0.4 is 9.47 Å². The highest BCUT2D eigenvalue weighted by Crippen LogP contribution is 2.39. The van der Waals surface area contributed by atoms with Crippen LogP contribution in [0.3, 0.4) is 0 Å². The Morgan fingerprint density at radius 2 is 2.03 bits per heavy atom. The van der Waals surface area contributed by atoms with Crippen LogP contribution >= 0.6 is 0 Å². The molecule has 2 aromatic carbocycles. The maximum Gasteiger partial charge on any atom is 0.315 e. The number of imidazole rings is 1. The summed E-state index contributed by atoms with van der Waals surface area (Å²) >= 11 is 0. The van der Waals surface area contributed by atoms with Gasteiger partial charge >= 0.3 is 5.69 Å². The fraction of sp³-hybridized carbons (Fsp3) is 0.238. The van der Waals surface area contributed by atoms with Gasteiger partial charge < -0.3 is 14.5 Å². The van der Waals surface area contributed by atoms with Crippen LogP contribution in [0.2, 0.25) is 0 Å². The molecular formula is C21H20N4O4. The van der Waals surface area contributed by atoms with Gasteiger partial charge in [0.15, 0.2) is 5.75 Å². The van der Waals surface area contributed by atoms with E-state index in [1.807, 2.05) is 25.1 Å². The number of rotatable bonds is 7. The number of benzene rings is 2. The number of fused-ring (bicyclic) bond motifs is 1. The Morgan fingerprint density at radius 3 is 2.69 bits per heavy atom. The summed E-state index contributed by atoms with van der Waals surface area (Å²) in [5.74, 6) is 0.726. The Morgan fingerprint density at radius 1 is 1.28 bits per heavy atom. The van der Waals surface area contributed by atoms with Crippen molar-refractivity contribution in [3.63, 3.8) is 0 Å². The highest BCUT2D eigenvalue weighted by atomic mass is 16.6. The van der Waals surface area contributed by atoms with E-state index in [1.165, 1.54) is 12.1 Å². The molecule has 3 rings (SSSR count). The number of aromatic nitrogens is 2. The largest absolute Gasteiger partial charge is 0.490 e. The number of nitrogens with one attached hydrogen (secondary N) is 1. The average molecular weight is 392 g/mol. The van der Waals surface area contributed by atoms with Crippen molar-refractivity contribution >= 4 is 28.4 Å². The molecule has 0 spiro atoms. The highest BCUT2D eigenvalue weighted by Gasteiger charge is 2.22. The molecule has 1 N–H and O–H groups in total. The van der Waals surface area contributed by atoms with Crippen molar-refractivity contribution in [1.82, 2.24) is 9.97 Å². The number of nitro groups is 1. The van der Waals surface area contributed by atoms with Crippen LogP contribution in [0.15, 0.2) is 30.3 Å². The van der Waals surface area contributed by atoms with Gasteiger partial charge in [0.05, 0.1) is 34.7 Å². The van der Waals surface area contributed by atoms with Crippen molar-refractivity contribution in [2.45, 2.75) is 20.8 Å². The van der Waals surface area contributed by atoms with Gasteiger partial charge in [-0.25, -0.2) is 4.98 Å². The Kier molecular flexibility index (Phi) is 5.79. The van der Waals surface area contributed by atoms with Crippen LogP contribution in [0, 0.1) is 28.4 Å². The molecule has 0 radical (unpaired) electrons. The number of hydrogen-bond acceptors (Lipinski definition) is 6. The van der Waals surface area contributed by atoms with Crippen LogP contribution in [0.1, 0.15) is 30.8 Å². The summed E-state index contributed by atoms with van der Waals surface area (Å²) < 4.78 is 11.0. The number of nitro benzene ring substituents is 1. The van der Waals surface area contributed by atoms with E-state index in [1.54, 1.807) is 19.9 Å². The molecule has 1 aromatic heterocycles. The third-order valence-electron chi connectivity index (χ3n) is 4.17.